The fourth-order valence-corrected chi connectivity index (χ4v) is 2.87. The predicted octanol–water partition coefficient (Wildman–Crippen LogP) is 2.30. The van der Waals surface area contributed by atoms with Crippen LogP contribution in [0.3, 0.4) is 0 Å². The van der Waals surface area contributed by atoms with Gasteiger partial charge in [0.25, 0.3) is 0 Å². The smallest absolute Gasteiger partial charge is 0.175 e. The van der Waals surface area contributed by atoms with E-state index in [1.165, 1.54) is 11.8 Å². The molecule has 2 aromatic rings. The Labute approximate surface area is 142 Å². The van der Waals surface area contributed by atoms with E-state index in [2.05, 4.69) is 22.8 Å². The highest BCUT2D eigenvalue weighted by atomic mass is 32.2. The first-order valence-corrected chi connectivity index (χ1v) is 9.60. The third kappa shape index (κ3) is 6.00. The molecule has 0 spiro atoms. The highest BCUT2D eigenvalue weighted by Crippen LogP contribution is 2.10. The molecule has 6 heteroatoms. The van der Waals surface area contributed by atoms with Crippen molar-refractivity contribution in [1.29, 1.82) is 0 Å². The zero-order chi connectivity index (χ0) is 16.7. The van der Waals surface area contributed by atoms with Crippen molar-refractivity contribution in [2.45, 2.75) is 17.9 Å². The van der Waals surface area contributed by atoms with Gasteiger partial charge >= 0.3 is 0 Å². The second-order valence-electron chi connectivity index (χ2n) is 5.26. The van der Waals surface area contributed by atoms with Crippen molar-refractivity contribution in [1.82, 2.24) is 10.6 Å². The fourth-order valence-electron chi connectivity index (χ4n) is 2.06. The summed E-state index contributed by atoms with van der Waals surface area (Å²) in [5.74, 6) is 0. The average molecular weight is 348 g/mol. The Morgan fingerprint density at radius 2 is 1.61 bits per heavy atom. The van der Waals surface area contributed by atoms with E-state index in [-0.39, 0.29) is 0 Å². The summed E-state index contributed by atoms with van der Waals surface area (Å²) in [4.78, 5) is 0.324. The van der Waals surface area contributed by atoms with E-state index in [1.807, 2.05) is 18.2 Å². The van der Waals surface area contributed by atoms with Crippen LogP contribution in [-0.2, 0) is 22.8 Å². The molecule has 0 heterocycles. The highest BCUT2D eigenvalue weighted by Gasteiger charge is 2.06. The van der Waals surface area contributed by atoms with Gasteiger partial charge in [-0.3, -0.25) is 0 Å². The van der Waals surface area contributed by atoms with Gasteiger partial charge in [0.1, 0.15) is 0 Å². The number of hydrogen-bond donors (Lipinski definition) is 2. The largest absolute Gasteiger partial charge is 0.362 e. The molecule has 0 aliphatic heterocycles. The molecule has 2 rings (SSSR count). The van der Waals surface area contributed by atoms with E-state index in [0.717, 1.165) is 18.5 Å². The summed E-state index contributed by atoms with van der Waals surface area (Å²) in [6.45, 7) is 1.32. The van der Waals surface area contributed by atoms with Crippen molar-refractivity contribution in [3.63, 3.8) is 0 Å². The van der Waals surface area contributed by atoms with Crippen molar-refractivity contribution in [3.8, 4) is 0 Å². The Kier molecular flexibility index (Phi) is 6.12. The lowest BCUT2D eigenvalue weighted by Crippen LogP contribution is -2.35. The number of nitrogens with one attached hydrogen (secondary N) is 2. The van der Waals surface area contributed by atoms with Gasteiger partial charge in [0.15, 0.2) is 14.9 Å². The van der Waals surface area contributed by atoms with Crippen molar-refractivity contribution in [3.05, 3.63) is 65.7 Å². The quantitative estimate of drug-likeness (QED) is 0.785. The van der Waals surface area contributed by atoms with E-state index in [1.54, 1.807) is 24.3 Å². The summed E-state index contributed by atoms with van der Waals surface area (Å²) < 4.78 is 22.8. The second-order valence-corrected chi connectivity index (χ2v) is 7.69. The Hall–Kier alpha value is -1.92. The van der Waals surface area contributed by atoms with Crippen molar-refractivity contribution < 1.29 is 8.42 Å². The number of thiocarbonyl (C=S) groups is 1. The number of sulfone groups is 1. The zero-order valence-electron chi connectivity index (χ0n) is 13.0. The van der Waals surface area contributed by atoms with Crippen LogP contribution in [0, 0.1) is 0 Å². The first-order chi connectivity index (χ1) is 10.9. The van der Waals surface area contributed by atoms with Gasteiger partial charge in [-0.25, -0.2) is 8.42 Å². The van der Waals surface area contributed by atoms with E-state index in [4.69, 9.17) is 12.2 Å². The third-order valence-corrected chi connectivity index (χ3v) is 4.76. The van der Waals surface area contributed by atoms with Crippen LogP contribution in [0.25, 0.3) is 0 Å². The van der Waals surface area contributed by atoms with Crippen LogP contribution in [0.5, 0.6) is 0 Å². The van der Waals surface area contributed by atoms with E-state index in [9.17, 15) is 8.42 Å². The molecule has 0 amide bonds. The number of hydrogen-bond acceptors (Lipinski definition) is 3. The van der Waals surface area contributed by atoms with Crippen LogP contribution in [0.1, 0.15) is 11.1 Å². The Morgan fingerprint density at radius 3 is 2.22 bits per heavy atom. The maximum Gasteiger partial charge on any atom is 0.175 e. The third-order valence-electron chi connectivity index (χ3n) is 3.35. The molecule has 0 saturated heterocycles. The molecule has 0 aromatic heterocycles. The molecule has 0 saturated carbocycles. The molecular weight excluding hydrogens is 328 g/mol. The van der Waals surface area contributed by atoms with Crippen LogP contribution < -0.4 is 10.6 Å². The maximum absolute atomic E-state index is 11.4. The lowest BCUT2D eigenvalue weighted by Gasteiger charge is -2.11. The standard InChI is InChI=1S/C17H20N2O2S2/c1-23(20,21)16-9-7-15(8-10-16)13-19-17(22)18-12-11-14-5-3-2-4-6-14/h2-10H,11-13H2,1H3,(H2,18,19,22). The van der Waals surface area contributed by atoms with Gasteiger partial charge in [-0.05, 0) is 41.9 Å². The summed E-state index contributed by atoms with van der Waals surface area (Å²) in [7, 11) is -3.15. The molecule has 0 unspecified atom stereocenters. The van der Waals surface area contributed by atoms with Crippen LogP contribution in [0.2, 0.25) is 0 Å². The predicted molar refractivity (Wildman–Crippen MR) is 97.1 cm³/mol. The van der Waals surface area contributed by atoms with Gasteiger partial charge in [-0.2, -0.15) is 0 Å². The minimum Gasteiger partial charge on any atom is -0.362 e. The highest BCUT2D eigenvalue weighted by molar-refractivity contribution is 7.90. The SMILES string of the molecule is CS(=O)(=O)c1ccc(CNC(=S)NCCc2ccccc2)cc1. The lowest BCUT2D eigenvalue weighted by molar-refractivity contribution is 0.602. The average Bonchev–Trinajstić information content (AvgIpc) is 2.53. The molecule has 0 radical (unpaired) electrons. The summed E-state index contributed by atoms with van der Waals surface area (Å²) in [5.41, 5.74) is 2.24. The normalized spacial score (nSPS) is 11.0. The summed E-state index contributed by atoms with van der Waals surface area (Å²) >= 11 is 5.24. The molecule has 2 aromatic carbocycles. The van der Waals surface area contributed by atoms with Gasteiger partial charge in [0, 0.05) is 19.3 Å². The van der Waals surface area contributed by atoms with E-state index in [0.29, 0.717) is 16.6 Å². The zero-order valence-corrected chi connectivity index (χ0v) is 14.6. The van der Waals surface area contributed by atoms with Crippen LogP contribution in [0.4, 0.5) is 0 Å². The number of rotatable bonds is 6. The van der Waals surface area contributed by atoms with Gasteiger partial charge < -0.3 is 10.6 Å². The van der Waals surface area contributed by atoms with Gasteiger partial charge in [0.05, 0.1) is 4.90 Å². The van der Waals surface area contributed by atoms with Crippen molar-refractivity contribution >= 4 is 27.2 Å². The second kappa shape index (κ2) is 8.08. The Balaban J connectivity index is 1.74. The molecule has 0 bridgehead atoms. The van der Waals surface area contributed by atoms with Gasteiger partial charge in [-0.1, -0.05) is 42.5 Å². The van der Waals surface area contributed by atoms with Gasteiger partial charge in [0.2, 0.25) is 0 Å². The molecule has 122 valence electrons. The van der Waals surface area contributed by atoms with Crippen molar-refractivity contribution in [2.24, 2.45) is 0 Å². The topological polar surface area (TPSA) is 58.2 Å². The molecule has 0 fully saturated rings. The lowest BCUT2D eigenvalue weighted by atomic mass is 10.1. The fraction of sp³-hybridized carbons (Fsp3) is 0.235. The first-order valence-electron chi connectivity index (χ1n) is 7.30. The van der Waals surface area contributed by atoms with Crippen LogP contribution in [0.15, 0.2) is 59.5 Å². The van der Waals surface area contributed by atoms with E-state index >= 15 is 0 Å². The van der Waals surface area contributed by atoms with Crippen molar-refractivity contribution in [2.75, 3.05) is 12.8 Å². The molecule has 2 N–H and O–H groups in total. The molecule has 23 heavy (non-hydrogen) atoms. The summed E-state index contributed by atoms with van der Waals surface area (Å²) in [6, 6.07) is 17.0. The first kappa shape index (κ1) is 17.4. The molecule has 4 nitrogen and oxygen atoms in total. The van der Waals surface area contributed by atoms with Crippen LogP contribution in [-0.4, -0.2) is 26.3 Å². The summed E-state index contributed by atoms with van der Waals surface area (Å²) in [6.07, 6.45) is 2.11. The Bertz CT molecular complexity index is 742. The number of benzene rings is 2. The molecule has 0 atom stereocenters. The molecule has 0 aliphatic rings. The van der Waals surface area contributed by atoms with Gasteiger partial charge in [-0.15, -0.1) is 0 Å². The summed E-state index contributed by atoms with van der Waals surface area (Å²) in [5, 5.41) is 6.87. The Morgan fingerprint density at radius 1 is 0.957 bits per heavy atom. The monoisotopic (exact) mass is 348 g/mol. The van der Waals surface area contributed by atoms with Crippen LogP contribution >= 0.6 is 12.2 Å². The maximum atomic E-state index is 11.4. The molecular formula is C17H20N2O2S2. The molecule has 0 aliphatic carbocycles. The minimum atomic E-state index is -3.15. The van der Waals surface area contributed by atoms with E-state index < -0.39 is 9.84 Å². The minimum absolute atomic E-state index is 0.324.